The number of nitrogens with one attached hydrogen (secondary N) is 1. The highest BCUT2D eigenvalue weighted by molar-refractivity contribution is 8.14. The summed E-state index contributed by atoms with van der Waals surface area (Å²) in [6.07, 6.45) is 5.91. The van der Waals surface area contributed by atoms with Crippen molar-refractivity contribution in [1.29, 1.82) is 0 Å². The fourth-order valence-corrected chi connectivity index (χ4v) is 3.68. The summed E-state index contributed by atoms with van der Waals surface area (Å²) >= 11 is 1.84. The van der Waals surface area contributed by atoms with E-state index in [9.17, 15) is 0 Å². The van der Waals surface area contributed by atoms with Gasteiger partial charge in [0.1, 0.15) is 0 Å². The second kappa shape index (κ2) is 5.51. The van der Waals surface area contributed by atoms with Crippen LogP contribution in [0.3, 0.4) is 0 Å². The molecule has 0 radical (unpaired) electrons. The third-order valence-electron chi connectivity index (χ3n) is 3.84. The van der Waals surface area contributed by atoms with Gasteiger partial charge in [0.2, 0.25) is 0 Å². The molecule has 2 saturated heterocycles. The molecule has 102 valence electrons. The number of thioether (sulfide) groups is 1. The van der Waals surface area contributed by atoms with Crippen LogP contribution < -0.4 is 5.32 Å². The third-order valence-corrected chi connectivity index (χ3v) is 5.04. The molecule has 0 saturated carbocycles. The number of rotatable bonds is 2. The minimum Gasteiger partial charge on any atom is -0.381 e. The van der Waals surface area contributed by atoms with Crippen LogP contribution in [0.25, 0.3) is 0 Å². The molecule has 0 aromatic carbocycles. The summed E-state index contributed by atoms with van der Waals surface area (Å²) in [6.45, 7) is 4.54. The van der Waals surface area contributed by atoms with Crippen molar-refractivity contribution >= 4 is 16.9 Å². The molecule has 1 aromatic rings. The predicted molar refractivity (Wildman–Crippen MR) is 78.5 cm³/mol. The molecule has 0 unspecified atom stereocenters. The maximum atomic E-state index is 5.44. The van der Waals surface area contributed by atoms with Crippen LogP contribution in [0.15, 0.2) is 23.5 Å². The van der Waals surface area contributed by atoms with Gasteiger partial charge >= 0.3 is 0 Å². The molecule has 2 aliphatic rings. The lowest BCUT2D eigenvalue weighted by molar-refractivity contribution is 0.0555. The summed E-state index contributed by atoms with van der Waals surface area (Å²) in [4.78, 5) is 8.81. The first-order valence-electron chi connectivity index (χ1n) is 6.70. The fraction of sp³-hybridized carbons (Fsp3) is 0.571. The number of aliphatic imine (C=N–C) groups is 1. The standard InChI is InChI=1S/C14H19N3OS/c1-11-8-15-5-2-12(11)9-16-13-17-14(10-19-13)3-6-18-7-4-14/h2,5,8H,3-4,6-7,9-10H2,1H3,(H,16,17). The highest BCUT2D eigenvalue weighted by atomic mass is 32.2. The van der Waals surface area contributed by atoms with E-state index in [1.807, 2.05) is 30.2 Å². The lowest BCUT2D eigenvalue weighted by Gasteiger charge is -2.32. The monoisotopic (exact) mass is 277 g/mol. The third kappa shape index (κ3) is 2.92. The number of aryl methyl sites for hydroxylation is 1. The zero-order chi connectivity index (χ0) is 13.1. The molecule has 2 fully saturated rings. The molecule has 2 aliphatic heterocycles. The smallest absolute Gasteiger partial charge is 0.157 e. The predicted octanol–water partition coefficient (Wildman–Crippen LogP) is 2.13. The highest BCUT2D eigenvalue weighted by Crippen LogP contribution is 2.31. The zero-order valence-electron chi connectivity index (χ0n) is 11.2. The van der Waals surface area contributed by atoms with Crippen molar-refractivity contribution in [2.24, 2.45) is 4.99 Å². The van der Waals surface area contributed by atoms with Crippen molar-refractivity contribution < 1.29 is 4.74 Å². The summed E-state index contributed by atoms with van der Waals surface area (Å²) < 4.78 is 5.44. The van der Waals surface area contributed by atoms with Crippen LogP contribution >= 0.6 is 11.8 Å². The Balaban J connectivity index is 1.64. The topological polar surface area (TPSA) is 46.5 Å². The van der Waals surface area contributed by atoms with Gasteiger partial charge in [-0.2, -0.15) is 0 Å². The molecule has 0 amide bonds. The van der Waals surface area contributed by atoms with E-state index in [4.69, 9.17) is 9.73 Å². The van der Waals surface area contributed by atoms with E-state index in [2.05, 4.69) is 17.2 Å². The van der Waals surface area contributed by atoms with Crippen molar-refractivity contribution in [3.63, 3.8) is 0 Å². The van der Waals surface area contributed by atoms with Gasteiger partial charge < -0.3 is 10.1 Å². The quantitative estimate of drug-likeness (QED) is 0.899. The average Bonchev–Trinajstić information content (AvgIpc) is 2.82. The van der Waals surface area contributed by atoms with Crippen molar-refractivity contribution in [2.75, 3.05) is 19.0 Å². The van der Waals surface area contributed by atoms with Crippen LogP contribution in [0.4, 0.5) is 0 Å². The average molecular weight is 277 g/mol. The van der Waals surface area contributed by atoms with E-state index in [0.717, 1.165) is 43.5 Å². The SMILES string of the molecule is Cc1cnccc1CN=C1NC2(CCOCC2)CS1. The number of ether oxygens (including phenoxy) is 1. The van der Waals surface area contributed by atoms with Gasteiger partial charge in [0.15, 0.2) is 5.17 Å². The Labute approximate surface area is 118 Å². The summed E-state index contributed by atoms with van der Waals surface area (Å²) in [5.74, 6) is 1.12. The van der Waals surface area contributed by atoms with E-state index in [0.29, 0.717) is 0 Å². The van der Waals surface area contributed by atoms with Crippen LogP contribution in [0, 0.1) is 6.92 Å². The van der Waals surface area contributed by atoms with Gasteiger partial charge in [0.05, 0.1) is 12.1 Å². The van der Waals surface area contributed by atoms with Gasteiger partial charge in [0.25, 0.3) is 0 Å². The zero-order valence-corrected chi connectivity index (χ0v) is 12.0. The second-order valence-electron chi connectivity index (χ2n) is 5.23. The Morgan fingerprint density at radius 1 is 1.47 bits per heavy atom. The molecule has 19 heavy (non-hydrogen) atoms. The first-order valence-corrected chi connectivity index (χ1v) is 7.69. The normalized spacial score (nSPS) is 23.7. The number of nitrogens with zero attached hydrogens (tertiary/aromatic N) is 2. The highest BCUT2D eigenvalue weighted by Gasteiger charge is 2.38. The van der Waals surface area contributed by atoms with Crippen molar-refractivity contribution in [3.05, 3.63) is 29.6 Å². The van der Waals surface area contributed by atoms with Crippen molar-refractivity contribution in [1.82, 2.24) is 10.3 Å². The lowest BCUT2D eigenvalue weighted by Crippen LogP contribution is -2.48. The Hall–Kier alpha value is -1.07. The van der Waals surface area contributed by atoms with Crippen molar-refractivity contribution in [3.8, 4) is 0 Å². The molecule has 3 rings (SSSR count). The molecule has 1 aromatic heterocycles. The van der Waals surface area contributed by atoms with Gasteiger partial charge in [-0.05, 0) is 37.0 Å². The summed E-state index contributed by atoms with van der Waals surface area (Å²) in [6, 6.07) is 2.04. The minimum atomic E-state index is 0.231. The van der Waals surface area contributed by atoms with Crippen LogP contribution in [0.2, 0.25) is 0 Å². The number of amidine groups is 1. The van der Waals surface area contributed by atoms with E-state index in [1.54, 1.807) is 0 Å². The largest absolute Gasteiger partial charge is 0.381 e. The van der Waals surface area contributed by atoms with E-state index in [1.165, 1.54) is 11.1 Å². The number of aromatic nitrogens is 1. The van der Waals surface area contributed by atoms with E-state index >= 15 is 0 Å². The molecule has 0 bridgehead atoms. The maximum absolute atomic E-state index is 5.44. The Bertz CT molecular complexity index is 483. The Morgan fingerprint density at radius 3 is 3.11 bits per heavy atom. The molecule has 0 aliphatic carbocycles. The Kier molecular flexibility index (Phi) is 3.75. The molecule has 1 spiro atoms. The first kappa shape index (κ1) is 12.9. The molecule has 5 heteroatoms. The van der Waals surface area contributed by atoms with Gasteiger partial charge in [-0.1, -0.05) is 11.8 Å². The number of pyridine rings is 1. The molecule has 0 atom stereocenters. The van der Waals surface area contributed by atoms with Gasteiger partial charge in [0, 0.05) is 31.4 Å². The second-order valence-corrected chi connectivity index (χ2v) is 6.19. The van der Waals surface area contributed by atoms with Crippen LogP contribution in [-0.2, 0) is 11.3 Å². The van der Waals surface area contributed by atoms with E-state index in [-0.39, 0.29) is 5.54 Å². The fourth-order valence-electron chi connectivity index (χ4n) is 2.46. The number of hydrogen-bond acceptors (Lipinski definition) is 4. The van der Waals surface area contributed by atoms with Crippen molar-refractivity contribution in [2.45, 2.75) is 31.8 Å². The van der Waals surface area contributed by atoms with Gasteiger partial charge in [-0.25, -0.2) is 0 Å². The molecule has 3 heterocycles. The maximum Gasteiger partial charge on any atom is 0.157 e. The summed E-state index contributed by atoms with van der Waals surface area (Å²) in [5, 5.41) is 4.69. The van der Waals surface area contributed by atoms with Gasteiger partial charge in [-0.3, -0.25) is 9.98 Å². The van der Waals surface area contributed by atoms with E-state index < -0.39 is 0 Å². The van der Waals surface area contributed by atoms with Crippen LogP contribution in [-0.4, -0.2) is 34.7 Å². The first-order chi connectivity index (χ1) is 9.27. The van der Waals surface area contributed by atoms with Gasteiger partial charge in [-0.15, -0.1) is 0 Å². The Morgan fingerprint density at radius 2 is 2.32 bits per heavy atom. The van der Waals surface area contributed by atoms with Crippen LogP contribution in [0.5, 0.6) is 0 Å². The lowest BCUT2D eigenvalue weighted by atomic mass is 9.93. The number of hydrogen-bond donors (Lipinski definition) is 1. The molecular weight excluding hydrogens is 258 g/mol. The molecule has 1 N–H and O–H groups in total. The summed E-state index contributed by atoms with van der Waals surface area (Å²) in [7, 11) is 0. The minimum absolute atomic E-state index is 0.231. The van der Waals surface area contributed by atoms with Crippen LogP contribution in [0.1, 0.15) is 24.0 Å². The summed E-state index contributed by atoms with van der Waals surface area (Å²) in [5.41, 5.74) is 2.68. The molecule has 4 nitrogen and oxygen atoms in total. The molecular formula is C14H19N3OS.